The highest BCUT2D eigenvalue weighted by atomic mass is 16.5. The van der Waals surface area contributed by atoms with Gasteiger partial charge in [-0.15, -0.1) is 0 Å². The fourth-order valence-electron chi connectivity index (χ4n) is 2.06. The Balaban J connectivity index is 2.07. The van der Waals surface area contributed by atoms with Gasteiger partial charge < -0.3 is 14.5 Å². The van der Waals surface area contributed by atoms with Gasteiger partial charge in [-0.25, -0.2) is 0 Å². The number of methoxy groups -OCH3 is 1. The first-order valence-corrected chi connectivity index (χ1v) is 7.02. The van der Waals surface area contributed by atoms with Crippen molar-refractivity contribution < 1.29 is 13.9 Å². The van der Waals surface area contributed by atoms with Crippen LogP contribution in [-0.4, -0.2) is 29.4 Å². The fourth-order valence-corrected chi connectivity index (χ4v) is 2.06. The molecule has 2 atom stereocenters. The van der Waals surface area contributed by atoms with Gasteiger partial charge in [0.1, 0.15) is 23.6 Å². The van der Waals surface area contributed by atoms with Crippen LogP contribution in [0.5, 0.6) is 0 Å². The van der Waals surface area contributed by atoms with Gasteiger partial charge in [-0.2, -0.15) is 5.10 Å². The minimum Gasteiger partial charge on any atom is -0.464 e. The maximum Gasteiger partial charge on any atom is 0.245 e. The molecule has 0 aromatic carbocycles. The van der Waals surface area contributed by atoms with Gasteiger partial charge in [0.2, 0.25) is 5.91 Å². The molecule has 0 aliphatic carbocycles. The molecule has 2 aromatic heterocycles. The number of hydrogen-bond donors (Lipinski definition) is 1. The zero-order valence-corrected chi connectivity index (χ0v) is 12.6. The second kappa shape index (κ2) is 7.08. The molecular weight excluding hydrogens is 270 g/mol. The molecule has 2 rings (SSSR count). The highest BCUT2D eigenvalue weighted by Crippen LogP contribution is 2.18. The molecule has 1 amide bonds. The van der Waals surface area contributed by atoms with E-state index in [4.69, 9.17) is 9.15 Å². The smallest absolute Gasteiger partial charge is 0.245 e. The number of aromatic nitrogens is 2. The van der Waals surface area contributed by atoms with Gasteiger partial charge in [0.15, 0.2) is 0 Å². The number of rotatable bonds is 7. The molecule has 0 unspecified atom stereocenters. The number of nitrogens with one attached hydrogen (secondary N) is 1. The third-order valence-corrected chi connectivity index (χ3v) is 3.33. The van der Waals surface area contributed by atoms with Crippen LogP contribution in [0.25, 0.3) is 0 Å². The van der Waals surface area contributed by atoms with Crippen molar-refractivity contribution in [3.8, 4) is 0 Å². The molecule has 21 heavy (non-hydrogen) atoms. The number of furan rings is 1. The van der Waals surface area contributed by atoms with Crippen LogP contribution in [0.4, 0.5) is 0 Å². The van der Waals surface area contributed by atoms with Crippen LogP contribution in [0.15, 0.2) is 35.0 Å². The van der Waals surface area contributed by atoms with Crippen molar-refractivity contribution in [1.29, 1.82) is 0 Å². The van der Waals surface area contributed by atoms with E-state index >= 15 is 0 Å². The van der Waals surface area contributed by atoms with E-state index in [1.807, 2.05) is 19.1 Å². The van der Waals surface area contributed by atoms with Crippen molar-refractivity contribution in [2.75, 3.05) is 13.7 Å². The van der Waals surface area contributed by atoms with E-state index in [1.165, 1.54) is 0 Å². The number of nitrogens with zero attached hydrogens (tertiary/aromatic N) is 2. The van der Waals surface area contributed by atoms with E-state index in [2.05, 4.69) is 10.4 Å². The molecule has 0 saturated heterocycles. The standard InChI is InChI=1S/C15H21N3O3/c1-4-12-6-7-14(21-12)13(10-20-3)17-15(19)11(2)18-9-5-8-16-18/h5-9,11,13H,4,10H2,1-3H3,(H,17,19)/t11-,13-/m0/s1. The highest BCUT2D eigenvalue weighted by molar-refractivity contribution is 5.80. The van der Waals surface area contributed by atoms with E-state index in [-0.39, 0.29) is 18.0 Å². The Hall–Kier alpha value is -2.08. The van der Waals surface area contributed by atoms with Crippen molar-refractivity contribution in [3.05, 3.63) is 42.1 Å². The Kier molecular flexibility index (Phi) is 5.16. The second-order valence-corrected chi connectivity index (χ2v) is 4.84. The van der Waals surface area contributed by atoms with Gasteiger partial charge in [-0.1, -0.05) is 6.92 Å². The summed E-state index contributed by atoms with van der Waals surface area (Å²) in [6, 6.07) is 4.89. The molecule has 0 saturated carbocycles. The Morgan fingerprint density at radius 1 is 1.52 bits per heavy atom. The zero-order chi connectivity index (χ0) is 15.2. The molecule has 0 aliphatic heterocycles. The molecule has 2 aromatic rings. The van der Waals surface area contributed by atoms with Gasteiger partial charge in [0, 0.05) is 25.9 Å². The van der Waals surface area contributed by atoms with E-state index in [0.29, 0.717) is 12.4 Å². The van der Waals surface area contributed by atoms with Gasteiger partial charge in [0.05, 0.1) is 6.61 Å². The second-order valence-electron chi connectivity index (χ2n) is 4.84. The lowest BCUT2D eigenvalue weighted by Gasteiger charge is -2.19. The van der Waals surface area contributed by atoms with Crippen molar-refractivity contribution in [2.24, 2.45) is 0 Å². The molecule has 0 spiro atoms. The number of carbonyl (C=O) groups is 1. The SMILES string of the molecule is CCc1ccc([C@H](COC)NC(=O)[C@H](C)n2cccn2)o1. The molecule has 6 heteroatoms. The highest BCUT2D eigenvalue weighted by Gasteiger charge is 2.22. The monoisotopic (exact) mass is 291 g/mol. The zero-order valence-electron chi connectivity index (χ0n) is 12.6. The number of aryl methyl sites for hydroxylation is 1. The summed E-state index contributed by atoms with van der Waals surface area (Å²) in [5.41, 5.74) is 0. The first kappa shape index (κ1) is 15.3. The van der Waals surface area contributed by atoms with Gasteiger partial charge in [0.25, 0.3) is 0 Å². The maximum absolute atomic E-state index is 12.3. The van der Waals surface area contributed by atoms with E-state index in [0.717, 1.165) is 12.2 Å². The van der Waals surface area contributed by atoms with Crippen LogP contribution < -0.4 is 5.32 Å². The molecule has 6 nitrogen and oxygen atoms in total. The topological polar surface area (TPSA) is 69.3 Å². The predicted molar refractivity (Wildman–Crippen MR) is 77.8 cm³/mol. The van der Waals surface area contributed by atoms with Crippen LogP contribution in [0.3, 0.4) is 0 Å². The molecule has 0 fully saturated rings. The summed E-state index contributed by atoms with van der Waals surface area (Å²) in [7, 11) is 1.60. The summed E-state index contributed by atoms with van der Waals surface area (Å²) in [5.74, 6) is 1.46. The number of hydrogen-bond acceptors (Lipinski definition) is 4. The molecule has 2 heterocycles. The molecule has 1 N–H and O–H groups in total. The molecule has 0 radical (unpaired) electrons. The van der Waals surface area contributed by atoms with Crippen LogP contribution >= 0.6 is 0 Å². The third kappa shape index (κ3) is 3.72. The first-order chi connectivity index (χ1) is 10.2. The van der Waals surface area contributed by atoms with Gasteiger partial charge >= 0.3 is 0 Å². The summed E-state index contributed by atoms with van der Waals surface area (Å²) in [4.78, 5) is 12.3. The Morgan fingerprint density at radius 3 is 2.90 bits per heavy atom. The summed E-state index contributed by atoms with van der Waals surface area (Å²) in [5, 5.41) is 7.02. The normalized spacial score (nSPS) is 13.9. The number of carbonyl (C=O) groups excluding carboxylic acids is 1. The number of ether oxygens (including phenoxy) is 1. The van der Waals surface area contributed by atoms with Crippen LogP contribution in [0.1, 0.15) is 37.5 Å². The quantitative estimate of drug-likeness (QED) is 0.848. The van der Waals surface area contributed by atoms with Crippen LogP contribution in [0, 0.1) is 0 Å². The predicted octanol–water partition coefficient (Wildman–Crippen LogP) is 2.10. The maximum atomic E-state index is 12.3. The van der Waals surface area contributed by atoms with Crippen LogP contribution in [0.2, 0.25) is 0 Å². The lowest BCUT2D eigenvalue weighted by Crippen LogP contribution is -2.36. The third-order valence-electron chi connectivity index (χ3n) is 3.33. The van der Waals surface area contributed by atoms with E-state index < -0.39 is 0 Å². The fraction of sp³-hybridized carbons (Fsp3) is 0.467. The van der Waals surface area contributed by atoms with Gasteiger partial charge in [-0.05, 0) is 25.1 Å². The lowest BCUT2D eigenvalue weighted by atomic mass is 10.2. The lowest BCUT2D eigenvalue weighted by molar-refractivity contribution is -0.125. The van der Waals surface area contributed by atoms with Gasteiger partial charge in [-0.3, -0.25) is 9.48 Å². The minimum atomic E-state index is -0.389. The van der Waals surface area contributed by atoms with E-state index in [9.17, 15) is 4.79 Å². The van der Waals surface area contributed by atoms with E-state index in [1.54, 1.807) is 37.2 Å². The van der Waals surface area contributed by atoms with Crippen molar-refractivity contribution in [2.45, 2.75) is 32.4 Å². The Labute approximate surface area is 124 Å². The summed E-state index contributed by atoms with van der Waals surface area (Å²) >= 11 is 0. The molecule has 114 valence electrons. The molecular formula is C15H21N3O3. The minimum absolute atomic E-state index is 0.129. The van der Waals surface area contributed by atoms with Crippen molar-refractivity contribution in [1.82, 2.24) is 15.1 Å². The summed E-state index contributed by atoms with van der Waals surface area (Å²) in [6.45, 7) is 4.17. The average molecular weight is 291 g/mol. The molecule has 0 bridgehead atoms. The van der Waals surface area contributed by atoms with Crippen LogP contribution in [-0.2, 0) is 16.0 Å². The van der Waals surface area contributed by atoms with Crippen molar-refractivity contribution >= 4 is 5.91 Å². The first-order valence-electron chi connectivity index (χ1n) is 7.02. The number of amides is 1. The molecule has 0 aliphatic rings. The Bertz CT molecular complexity index is 562. The summed E-state index contributed by atoms with van der Waals surface area (Å²) < 4.78 is 12.5. The largest absolute Gasteiger partial charge is 0.464 e. The Morgan fingerprint density at radius 2 is 2.33 bits per heavy atom. The van der Waals surface area contributed by atoms with Crippen molar-refractivity contribution in [3.63, 3.8) is 0 Å². The summed E-state index contributed by atoms with van der Waals surface area (Å²) in [6.07, 6.45) is 4.23. The average Bonchev–Trinajstić information content (AvgIpc) is 3.16.